The molecule has 0 saturated heterocycles. The van der Waals surface area contributed by atoms with Crippen molar-refractivity contribution in [3.63, 3.8) is 0 Å². The Kier molecular flexibility index (Phi) is 9.72. The van der Waals surface area contributed by atoms with Gasteiger partial charge in [-0.15, -0.1) is 5.10 Å². The minimum absolute atomic E-state index is 0.587. The third-order valence-electron chi connectivity index (χ3n) is 4.56. The fraction of sp³-hybridized carbons (Fsp3) is 0.722. The highest BCUT2D eigenvalue weighted by Gasteiger charge is 2.18. The van der Waals surface area contributed by atoms with E-state index in [-0.39, 0.29) is 0 Å². The molecule has 0 amide bonds. The second-order valence-electron chi connectivity index (χ2n) is 6.35. The van der Waals surface area contributed by atoms with Crippen LogP contribution in [0.4, 0.5) is 0 Å². The van der Waals surface area contributed by atoms with Crippen molar-refractivity contribution in [2.75, 3.05) is 26.2 Å². The van der Waals surface area contributed by atoms with Crippen molar-refractivity contribution < 1.29 is 24.5 Å². The molecule has 1 heterocycles. The first-order valence-electron chi connectivity index (χ1n) is 9.26. The van der Waals surface area contributed by atoms with Crippen LogP contribution in [0.3, 0.4) is 0 Å². The van der Waals surface area contributed by atoms with E-state index in [0.29, 0.717) is 6.04 Å². The number of nitrogens with zero attached hydrogens (tertiary/aromatic N) is 3. The van der Waals surface area contributed by atoms with Gasteiger partial charge in [-0.2, -0.15) is 0 Å². The maximum absolute atomic E-state index is 9.10. The van der Waals surface area contributed by atoms with Crippen LogP contribution in [0.1, 0.15) is 57.7 Å². The summed E-state index contributed by atoms with van der Waals surface area (Å²) in [6.45, 7) is 10.4. The van der Waals surface area contributed by atoms with Crippen LogP contribution >= 0.6 is 0 Å². The summed E-state index contributed by atoms with van der Waals surface area (Å²) in [6.07, 6.45) is 6.58. The number of ether oxygens (including phenoxy) is 1. The Morgan fingerprint density at radius 3 is 2.27 bits per heavy atom. The molecule has 8 nitrogen and oxygen atoms in total. The van der Waals surface area contributed by atoms with Crippen LogP contribution < -0.4 is 4.74 Å². The predicted molar refractivity (Wildman–Crippen MR) is 97.6 cm³/mol. The third-order valence-corrected chi connectivity index (χ3v) is 4.56. The predicted octanol–water partition coefficient (Wildman–Crippen LogP) is 2.57. The Hall–Kier alpha value is -2.09. The van der Waals surface area contributed by atoms with Gasteiger partial charge in [-0.1, -0.05) is 33.1 Å². The van der Waals surface area contributed by atoms with Gasteiger partial charge in [-0.05, 0) is 32.9 Å². The summed E-state index contributed by atoms with van der Waals surface area (Å²) in [6, 6.07) is 2.67. The van der Waals surface area contributed by atoms with Crippen LogP contribution in [0.15, 0.2) is 6.07 Å². The molecular weight excluding hydrogens is 338 g/mol. The molecule has 1 aliphatic carbocycles. The SMILES string of the molecule is CCN(CC)CCOc1cc(C)n(C2CCCCC2)n1.O=C(O)C(=O)O. The van der Waals surface area contributed by atoms with E-state index in [2.05, 4.69) is 41.5 Å². The molecule has 148 valence electrons. The number of hydrogen-bond acceptors (Lipinski definition) is 5. The highest BCUT2D eigenvalue weighted by atomic mass is 16.5. The zero-order valence-electron chi connectivity index (χ0n) is 16.0. The van der Waals surface area contributed by atoms with Crippen molar-refractivity contribution >= 4 is 11.9 Å². The number of carboxylic acid groups (broad SMARTS) is 2. The highest BCUT2D eigenvalue weighted by molar-refractivity contribution is 6.27. The van der Waals surface area contributed by atoms with E-state index in [1.165, 1.54) is 37.8 Å². The summed E-state index contributed by atoms with van der Waals surface area (Å²) in [5.74, 6) is -2.86. The molecule has 0 bridgehead atoms. The number of aryl methyl sites for hydroxylation is 1. The smallest absolute Gasteiger partial charge is 0.414 e. The molecule has 2 N–H and O–H groups in total. The van der Waals surface area contributed by atoms with Crippen molar-refractivity contribution in [2.24, 2.45) is 0 Å². The Morgan fingerprint density at radius 2 is 1.77 bits per heavy atom. The van der Waals surface area contributed by atoms with E-state index in [1.54, 1.807) is 0 Å². The third kappa shape index (κ3) is 7.43. The van der Waals surface area contributed by atoms with Crippen LogP contribution in [0.5, 0.6) is 5.88 Å². The van der Waals surface area contributed by atoms with Gasteiger partial charge in [-0.25, -0.2) is 9.59 Å². The molecule has 1 aromatic heterocycles. The summed E-state index contributed by atoms with van der Waals surface area (Å²) in [4.78, 5) is 20.6. The van der Waals surface area contributed by atoms with E-state index in [1.807, 2.05) is 0 Å². The Bertz CT molecular complexity index is 551. The second kappa shape index (κ2) is 11.5. The van der Waals surface area contributed by atoms with Gasteiger partial charge in [0.15, 0.2) is 0 Å². The van der Waals surface area contributed by atoms with Gasteiger partial charge < -0.3 is 19.8 Å². The average Bonchev–Trinajstić information content (AvgIpc) is 3.00. The molecule has 0 aromatic carbocycles. The molecular formula is C18H31N3O5. The molecule has 1 aliphatic rings. The van der Waals surface area contributed by atoms with Gasteiger partial charge in [0, 0.05) is 18.3 Å². The number of carboxylic acids is 2. The van der Waals surface area contributed by atoms with Gasteiger partial charge in [0.25, 0.3) is 0 Å². The van der Waals surface area contributed by atoms with Crippen molar-refractivity contribution in [3.05, 3.63) is 11.8 Å². The van der Waals surface area contributed by atoms with Crippen molar-refractivity contribution in [2.45, 2.75) is 58.9 Å². The minimum atomic E-state index is -1.82. The molecule has 1 aromatic rings. The molecule has 1 fully saturated rings. The standard InChI is InChI=1S/C16H29N3O.C2H2O4/c1-4-18(5-2)11-12-20-16-13-14(3)19(17-16)15-9-7-6-8-10-15;3-1(4)2(5)6/h13,15H,4-12H2,1-3H3;(H,3,4)(H,5,6). The zero-order valence-corrected chi connectivity index (χ0v) is 16.0. The first kappa shape index (κ1) is 22.0. The first-order chi connectivity index (χ1) is 12.4. The number of hydrogen-bond donors (Lipinski definition) is 2. The summed E-state index contributed by atoms with van der Waals surface area (Å²) in [5, 5.41) is 19.4. The van der Waals surface area contributed by atoms with Crippen molar-refractivity contribution in [3.8, 4) is 5.88 Å². The van der Waals surface area contributed by atoms with Crippen LogP contribution in [0.25, 0.3) is 0 Å². The molecule has 26 heavy (non-hydrogen) atoms. The number of likely N-dealkylation sites (N-methyl/N-ethyl adjacent to an activating group) is 1. The van der Waals surface area contributed by atoms with Crippen molar-refractivity contribution in [1.29, 1.82) is 0 Å². The normalized spacial score (nSPS) is 14.6. The number of aliphatic carboxylic acids is 2. The summed E-state index contributed by atoms with van der Waals surface area (Å²) in [5.41, 5.74) is 1.23. The van der Waals surface area contributed by atoms with Crippen LogP contribution in [0, 0.1) is 6.92 Å². The number of carbonyl (C=O) groups is 2. The fourth-order valence-corrected chi connectivity index (χ4v) is 3.04. The lowest BCUT2D eigenvalue weighted by Gasteiger charge is -2.23. The summed E-state index contributed by atoms with van der Waals surface area (Å²) in [7, 11) is 0. The number of aromatic nitrogens is 2. The topological polar surface area (TPSA) is 105 Å². The maximum Gasteiger partial charge on any atom is 0.414 e. The van der Waals surface area contributed by atoms with Gasteiger partial charge in [0.2, 0.25) is 5.88 Å². The second-order valence-corrected chi connectivity index (χ2v) is 6.35. The maximum atomic E-state index is 9.10. The van der Waals surface area contributed by atoms with Gasteiger partial charge in [0.05, 0.1) is 6.04 Å². The minimum Gasteiger partial charge on any atom is -0.475 e. The van der Waals surface area contributed by atoms with E-state index in [0.717, 1.165) is 32.1 Å². The van der Waals surface area contributed by atoms with E-state index in [9.17, 15) is 0 Å². The monoisotopic (exact) mass is 369 g/mol. The lowest BCUT2D eigenvalue weighted by atomic mass is 9.95. The molecule has 0 aliphatic heterocycles. The molecule has 0 atom stereocenters. The van der Waals surface area contributed by atoms with E-state index in [4.69, 9.17) is 24.5 Å². The molecule has 0 spiro atoms. The van der Waals surface area contributed by atoms with Crippen LogP contribution in [-0.2, 0) is 9.59 Å². The Morgan fingerprint density at radius 1 is 1.19 bits per heavy atom. The van der Waals surface area contributed by atoms with E-state index >= 15 is 0 Å². The molecule has 1 saturated carbocycles. The zero-order chi connectivity index (χ0) is 19.5. The van der Waals surface area contributed by atoms with Crippen LogP contribution in [-0.4, -0.2) is 63.1 Å². The van der Waals surface area contributed by atoms with Crippen LogP contribution in [0.2, 0.25) is 0 Å². The molecule has 0 radical (unpaired) electrons. The Labute approximate surface area is 154 Å². The average molecular weight is 369 g/mol. The van der Waals surface area contributed by atoms with Gasteiger partial charge in [-0.3, -0.25) is 4.68 Å². The molecule has 2 rings (SSSR count). The lowest BCUT2D eigenvalue weighted by Crippen LogP contribution is -2.28. The summed E-state index contributed by atoms with van der Waals surface area (Å²) >= 11 is 0. The largest absolute Gasteiger partial charge is 0.475 e. The van der Waals surface area contributed by atoms with Crippen molar-refractivity contribution in [1.82, 2.24) is 14.7 Å². The molecule has 0 unspecified atom stereocenters. The van der Waals surface area contributed by atoms with E-state index < -0.39 is 11.9 Å². The highest BCUT2D eigenvalue weighted by Crippen LogP contribution is 2.29. The summed E-state index contributed by atoms with van der Waals surface area (Å²) < 4.78 is 8.01. The van der Waals surface area contributed by atoms with Gasteiger partial charge >= 0.3 is 11.9 Å². The number of rotatable bonds is 7. The molecule has 8 heteroatoms. The van der Waals surface area contributed by atoms with Gasteiger partial charge in [0.1, 0.15) is 6.61 Å². The lowest BCUT2D eigenvalue weighted by molar-refractivity contribution is -0.159. The Balaban J connectivity index is 0.000000487. The first-order valence-corrected chi connectivity index (χ1v) is 9.26. The quantitative estimate of drug-likeness (QED) is 0.712. The fourth-order valence-electron chi connectivity index (χ4n) is 3.04.